The van der Waals surface area contributed by atoms with Gasteiger partial charge in [-0.3, -0.25) is 19.9 Å². The molecule has 6 nitrogen and oxygen atoms in total. The molecule has 0 saturated carbocycles. The van der Waals surface area contributed by atoms with Crippen molar-refractivity contribution in [2.24, 2.45) is 0 Å². The topological polar surface area (TPSA) is 86.0 Å². The van der Waals surface area contributed by atoms with Crippen molar-refractivity contribution in [3.05, 3.63) is 69.8 Å². The lowest BCUT2D eigenvalue weighted by Gasteiger charge is -1.98. The van der Waals surface area contributed by atoms with Crippen molar-refractivity contribution in [3.8, 4) is 0 Å². The minimum absolute atomic E-state index is 0.0155. The van der Waals surface area contributed by atoms with E-state index < -0.39 is 4.92 Å². The molecule has 0 aliphatic rings. The van der Waals surface area contributed by atoms with Crippen LogP contribution in [0.1, 0.15) is 35.1 Å². The Bertz CT molecular complexity index is 709. The second kappa shape index (κ2) is 7.21. The van der Waals surface area contributed by atoms with Crippen LogP contribution < -0.4 is 0 Å². The number of allylic oxidation sites excluding steroid dienone is 1. The summed E-state index contributed by atoms with van der Waals surface area (Å²) in [7, 11) is 0. The second-order valence-corrected chi connectivity index (χ2v) is 4.69. The number of aryl methyl sites for hydroxylation is 1. The van der Waals surface area contributed by atoms with Gasteiger partial charge in [0.15, 0.2) is 0 Å². The summed E-state index contributed by atoms with van der Waals surface area (Å²) in [6, 6.07) is 6.06. The van der Waals surface area contributed by atoms with Gasteiger partial charge in [0.05, 0.1) is 16.8 Å². The van der Waals surface area contributed by atoms with Gasteiger partial charge in [0.2, 0.25) is 5.78 Å². The lowest BCUT2D eigenvalue weighted by molar-refractivity contribution is -0.384. The van der Waals surface area contributed by atoms with Crippen LogP contribution in [-0.2, 0) is 6.42 Å². The molecule has 1 aromatic heterocycles. The highest BCUT2D eigenvalue weighted by Gasteiger charge is 2.06. The third-order valence-corrected chi connectivity index (χ3v) is 2.97. The number of benzene rings is 1. The number of aromatic nitrogens is 2. The number of non-ortho nitro benzene ring substituents is 1. The van der Waals surface area contributed by atoms with Crippen LogP contribution in [-0.4, -0.2) is 20.7 Å². The molecule has 112 valence electrons. The van der Waals surface area contributed by atoms with E-state index >= 15 is 0 Å². The lowest BCUT2D eigenvalue weighted by Crippen LogP contribution is -2.01. The summed E-state index contributed by atoms with van der Waals surface area (Å²) in [5, 5.41) is 10.7. The second-order valence-electron chi connectivity index (χ2n) is 4.69. The van der Waals surface area contributed by atoms with Gasteiger partial charge in [-0.1, -0.05) is 31.6 Å². The fourth-order valence-corrected chi connectivity index (χ4v) is 1.87. The van der Waals surface area contributed by atoms with Crippen LogP contribution in [0, 0.1) is 10.1 Å². The van der Waals surface area contributed by atoms with Crippen LogP contribution >= 0.6 is 0 Å². The van der Waals surface area contributed by atoms with Crippen LogP contribution in [0.4, 0.5) is 5.69 Å². The maximum Gasteiger partial charge on any atom is 0.270 e. The molecular weight excluding hydrogens is 282 g/mol. The van der Waals surface area contributed by atoms with Gasteiger partial charge in [-0.15, -0.1) is 0 Å². The first-order valence-corrected chi connectivity index (χ1v) is 6.88. The zero-order valence-electron chi connectivity index (χ0n) is 12.1. The maximum atomic E-state index is 12.0. The number of nitro benzene ring substituents is 1. The Morgan fingerprint density at radius 2 is 2.14 bits per heavy atom. The van der Waals surface area contributed by atoms with Gasteiger partial charge in [-0.05, 0) is 18.1 Å². The summed E-state index contributed by atoms with van der Waals surface area (Å²) in [5.74, 6) is -0.290. The Kier molecular flexibility index (Phi) is 5.08. The molecule has 0 radical (unpaired) electrons. The van der Waals surface area contributed by atoms with E-state index in [1.165, 1.54) is 30.5 Å². The van der Waals surface area contributed by atoms with E-state index in [1.54, 1.807) is 18.3 Å². The number of ketones is 1. The Morgan fingerprint density at radius 1 is 1.32 bits per heavy atom. The molecule has 0 N–H and O–H groups in total. The number of hydrogen-bond donors (Lipinski definition) is 0. The largest absolute Gasteiger partial charge is 0.287 e. The quantitative estimate of drug-likeness (QED) is 0.353. The average Bonchev–Trinajstić information content (AvgIpc) is 2.54. The summed E-state index contributed by atoms with van der Waals surface area (Å²) in [5.41, 5.74) is 1.67. The van der Waals surface area contributed by atoms with Crippen LogP contribution in [0.25, 0.3) is 6.08 Å². The van der Waals surface area contributed by atoms with E-state index in [9.17, 15) is 14.9 Å². The molecule has 1 heterocycles. The summed E-state index contributed by atoms with van der Waals surface area (Å²) < 4.78 is 0. The van der Waals surface area contributed by atoms with Crippen molar-refractivity contribution in [2.45, 2.75) is 19.8 Å². The summed E-state index contributed by atoms with van der Waals surface area (Å²) in [6.45, 7) is 2.04. The summed E-state index contributed by atoms with van der Waals surface area (Å²) in [4.78, 5) is 30.5. The van der Waals surface area contributed by atoms with Crippen LogP contribution in [0.3, 0.4) is 0 Å². The van der Waals surface area contributed by atoms with E-state index in [2.05, 4.69) is 9.97 Å². The van der Waals surface area contributed by atoms with E-state index in [-0.39, 0.29) is 17.2 Å². The highest BCUT2D eigenvalue weighted by Crippen LogP contribution is 2.14. The predicted octanol–water partition coefficient (Wildman–Crippen LogP) is 3.23. The average molecular weight is 297 g/mol. The van der Waals surface area contributed by atoms with Crippen molar-refractivity contribution in [2.75, 3.05) is 0 Å². The molecule has 0 fully saturated rings. The van der Waals surface area contributed by atoms with Crippen LogP contribution in [0.5, 0.6) is 0 Å². The first-order valence-electron chi connectivity index (χ1n) is 6.88. The standard InChI is InChI=1S/C16H15N3O3/c1-2-4-13-10-18-15(11-17-13)16(20)8-7-12-5-3-6-14(9-12)19(21)22/h3,5-11H,2,4H2,1H3/b8-7+. The molecule has 0 spiro atoms. The van der Waals surface area contributed by atoms with Crippen molar-refractivity contribution in [1.29, 1.82) is 0 Å². The highest BCUT2D eigenvalue weighted by molar-refractivity contribution is 6.05. The molecule has 0 amide bonds. The fourth-order valence-electron chi connectivity index (χ4n) is 1.87. The highest BCUT2D eigenvalue weighted by atomic mass is 16.6. The first-order chi connectivity index (χ1) is 10.6. The third-order valence-electron chi connectivity index (χ3n) is 2.97. The number of carbonyl (C=O) groups excluding carboxylic acids is 1. The Labute approximate surface area is 127 Å². The SMILES string of the molecule is CCCc1cnc(C(=O)/C=C/c2cccc([N+](=O)[O-])c2)cn1. The van der Waals surface area contributed by atoms with Gasteiger partial charge in [0.25, 0.3) is 5.69 Å². The van der Waals surface area contributed by atoms with Gasteiger partial charge < -0.3 is 0 Å². The smallest absolute Gasteiger partial charge is 0.270 e. The lowest BCUT2D eigenvalue weighted by atomic mass is 10.1. The zero-order chi connectivity index (χ0) is 15.9. The number of carbonyl (C=O) groups is 1. The molecule has 2 rings (SSSR count). The number of nitro groups is 1. The Hall–Kier alpha value is -2.89. The summed E-state index contributed by atoms with van der Waals surface area (Å²) >= 11 is 0. The molecule has 2 aromatic rings. The normalized spacial score (nSPS) is 10.8. The van der Waals surface area contributed by atoms with E-state index in [4.69, 9.17) is 0 Å². The summed E-state index contributed by atoms with van der Waals surface area (Å²) in [6.07, 6.45) is 7.70. The van der Waals surface area contributed by atoms with Gasteiger partial charge in [0.1, 0.15) is 5.69 Å². The molecule has 0 atom stereocenters. The molecule has 0 saturated heterocycles. The van der Waals surface area contributed by atoms with Crippen molar-refractivity contribution in [1.82, 2.24) is 9.97 Å². The first kappa shape index (κ1) is 15.5. The minimum atomic E-state index is -0.475. The molecule has 22 heavy (non-hydrogen) atoms. The van der Waals surface area contributed by atoms with Crippen LogP contribution in [0.2, 0.25) is 0 Å². The fraction of sp³-hybridized carbons (Fsp3) is 0.188. The maximum absolute atomic E-state index is 12.0. The van der Waals surface area contributed by atoms with E-state index in [0.29, 0.717) is 5.56 Å². The molecule has 1 aromatic carbocycles. The Morgan fingerprint density at radius 3 is 2.77 bits per heavy atom. The van der Waals surface area contributed by atoms with Crippen LogP contribution in [0.15, 0.2) is 42.7 Å². The number of hydrogen-bond acceptors (Lipinski definition) is 5. The molecule has 0 aliphatic heterocycles. The van der Waals surface area contributed by atoms with E-state index in [0.717, 1.165) is 18.5 Å². The molecule has 6 heteroatoms. The molecular formula is C16H15N3O3. The molecule has 0 aliphatic carbocycles. The number of nitrogens with zero attached hydrogens (tertiary/aromatic N) is 3. The van der Waals surface area contributed by atoms with Crippen molar-refractivity contribution >= 4 is 17.5 Å². The monoisotopic (exact) mass is 297 g/mol. The van der Waals surface area contributed by atoms with Gasteiger partial charge >= 0.3 is 0 Å². The third kappa shape index (κ3) is 4.05. The number of rotatable bonds is 6. The van der Waals surface area contributed by atoms with E-state index in [1.807, 2.05) is 6.92 Å². The predicted molar refractivity (Wildman–Crippen MR) is 82.5 cm³/mol. The molecule has 0 unspecified atom stereocenters. The van der Waals surface area contributed by atoms with Gasteiger partial charge in [-0.25, -0.2) is 4.98 Å². The van der Waals surface area contributed by atoms with Crippen molar-refractivity contribution < 1.29 is 9.72 Å². The minimum Gasteiger partial charge on any atom is -0.287 e. The molecule has 0 bridgehead atoms. The van der Waals surface area contributed by atoms with Crippen molar-refractivity contribution in [3.63, 3.8) is 0 Å². The van der Waals surface area contributed by atoms with Gasteiger partial charge in [-0.2, -0.15) is 0 Å². The van der Waals surface area contributed by atoms with Gasteiger partial charge in [0, 0.05) is 18.3 Å². The zero-order valence-corrected chi connectivity index (χ0v) is 12.1. The Balaban J connectivity index is 2.10.